The second-order valence-corrected chi connectivity index (χ2v) is 10.3. The summed E-state index contributed by atoms with van der Waals surface area (Å²) >= 11 is 1.48. The highest BCUT2D eigenvalue weighted by atomic mass is 32.2. The van der Waals surface area contributed by atoms with Gasteiger partial charge >= 0.3 is 5.97 Å². The van der Waals surface area contributed by atoms with E-state index < -0.39 is 6.04 Å². The maximum absolute atomic E-state index is 13.2. The molecule has 1 unspecified atom stereocenters. The number of esters is 1. The molecule has 2 aliphatic heterocycles. The monoisotopic (exact) mass is 484 g/mol. The number of amides is 1. The Morgan fingerprint density at radius 1 is 1.18 bits per heavy atom. The highest BCUT2D eigenvalue weighted by Gasteiger charge is 2.41. The van der Waals surface area contributed by atoms with Gasteiger partial charge < -0.3 is 19.9 Å². The lowest BCUT2D eigenvalue weighted by Gasteiger charge is -2.36. The first-order valence-corrected chi connectivity index (χ1v) is 12.6. The summed E-state index contributed by atoms with van der Waals surface area (Å²) in [6.45, 7) is 11.2. The summed E-state index contributed by atoms with van der Waals surface area (Å²) in [5.41, 5.74) is 4.18. The van der Waals surface area contributed by atoms with Crippen molar-refractivity contribution in [3.8, 4) is 0 Å². The number of benzene rings is 1. The number of allylic oxidation sites excluding steroid dienone is 1. The van der Waals surface area contributed by atoms with Crippen LogP contribution in [0.5, 0.6) is 0 Å². The van der Waals surface area contributed by atoms with Crippen molar-refractivity contribution < 1.29 is 14.3 Å². The van der Waals surface area contributed by atoms with Crippen molar-refractivity contribution in [2.45, 2.75) is 59.1 Å². The molecule has 0 saturated carbocycles. The van der Waals surface area contributed by atoms with Crippen LogP contribution in [0.4, 0.5) is 0 Å². The number of thioether (sulfide) groups is 1. The largest absolute Gasteiger partial charge is 0.459 e. The van der Waals surface area contributed by atoms with Crippen LogP contribution in [0, 0.1) is 0 Å². The summed E-state index contributed by atoms with van der Waals surface area (Å²) in [6.07, 6.45) is -0.0291. The second kappa shape index (κ2) is 11.2. The van der Waals surface area contributed by atoms with Gasteiger partial charge in [-0.3, -0.25) is 4.79 Å². The summed E-state index contributed by atoms with van der Waals surface area (Å²) in [4.78, 5) is 34.7. The number of hydrogen-bond donors (Lipinski definition) is 1. The molecule has 34 heavy (non-hydrogen) atoms. The van der Waals surface area contributed by atoms with Crippen molar-refractivity contribution in [1.29, 1.82) is 0 Å². The maximum atomic E-state index is 13.2. The van der Waals surface area contributed by atoms with E-state index in [1.807, 2.05) is 50.1 Å². The van der Waals surface area contributed by atoms with Crippen LogP contribution in [0.3, 0.4) is 0 Å². The average molecular weight is 485 g/mol. The molecule has 0 saturated heterocycles. The topological polar surface area (TPSA) is 74.2 Å². The molecule has 2 heterocycles. The standard InChI is InChI=1S/C26H36N4O3S/c1-16(2)19-8-10-20(11-9-19)24-23(25(32)33-17(3)4)18(5)28-26-30(24)21(15-34-26)14-22(31)27-12-13-29(6)7/h8-11,15-17,24H,12-14H2,1-7H3,(H,27,31). The average Bonchev–Trinajstić information content (AvgIpc) is 3.13. The minimum atomic E-state index is -0.407. The highest BCUT2D eigenvalue weighted by Crippen LogP contribution is 2.45. The van der Waals surface area contributed by atoms with Gasteiger partial charge in [-0.2, -0.15) is 0 Å². The van der Waals surface area contributed by atoms with Crippen LogP contribution in [-0.4, -0.2) is 60.1 Å². The van der Waals surface area contributed by atoms with Crippen molar-refractivity contribution in [3.63, 3.8) is 0 Å². The number of amidine groups is 1. The number of aliphatic imine (C=N–C) groups is 1. The molecule has 0 bridgehead atoms. The van der Waals surface area contributed by atoms with Crippen molar-refractivity contribution in [2.75, 3.05) is 27.2 Å². The molecule has 0 spiro atoms. The van der Waals surface area contributed by atoms with Gasteiger partial charge in [0.1, 0.15) is 0 Å². The summed E-state index contributed by atoms with van der Waals surface area (Å²) < 4.78 is 5.61. The predicted octanol–water partition coefficient (Wildman–Crippen LogP) is 4.40. The zero-order valence-electron chi connectivity index (χ0n) is 21.2. The molecule has 8 heteroatoms. The quantitative estimate of drug-likeness (QED) is 0.524. The molecule has 3 rings (SSSR count). The molecular formula is C26H36N4O3S. The minimum absolute atomic E-state index is 0.0542. The number of hydrogen-bond acceptors (Lipinski definition) is 7. The Morgan fingerprint density at radius 3 is 2.44 bits per heavy atom. The molecule has 0 radical (unpaired) electrons. The van der Waals surface area contributed by atoms with E-state index >= 15 is 0 Å². The number of nitrogens with zero attached hydrogens (tertiary/aromatic N) is 3. The molecule has 1 aromatic rings. The van der Waals surface area contributed by atoms with Crippen molar-refractivity contribution in [2.24, 2.45) is 4.99 Å². The van der Waals surface area contributed by atoms with Crippen LogP contribution in [0.2, 0.25) is 0 Å². The third-order valence-corrected chi connectivity index (χ3v) is 6.59. The van der Waals surface area contributed by atoms with Crippen LogP contribution in [-0.2, 0) is 14.3 Å². The zero-order valence-corrected chi connectivity index (χ0v) is 22.0. The molecule has 1 amide bonds. The fourth-order valence-electron chi connectivity index (χ4n) is 3.93. The number of likely N-dealkylation sites (N-methyl/N-ethyl adjacent to an activating group) is 1. The van der Waals surface area contributed by atoms with Gasteiger partial charge in [-0.15, -0.1) is 0 Å². The first-order valence-electron chi connectivity index (χ1n) is 11.7. The molecule has 0 fully saturated rings. The molecule has 0 aliphatic carbocycles. The molecule has 1 aromatic carbocycles. The fourth-order valence-corrected chi connectivity index (χ4v) is 4.90. The lowest BCUT2D eigenvalue weighted by Crippen LogP contribution is -2.39. The van der Waals surface area contributed by atoms with Gasteiger partial charge in [0.05, 0.1) is 29.8 Å². The second-order valence-electron chi connectivity index (χ2n) is 9.50. The van der Waals surface area contributed by atoms with E-state index in [1.165, 1.54) is 17.3 Å². The number of ether oxygens (including phenoxy) is 1. The third-order valence-electron chi connectivity index (χ3n) is 5.71. The van der Waals surface area contributed by atoms with Crippen LogP contribution in [0.15, 0.2) is 51.6 Å². The first-order chi connectivity index (χ1) is 16.1. The van der Waals surface area contributed by atoms with E-state index in [9.17, 15) is 9.59 Å². The van der Waals surface area contributed by atoms with E-state index in [0.29, 0.717) is 23.7 Å². The fraction of sp³-hybridized carbons (Fsp3) is 0.500. The third kappa shape index (κ3) is 6.10. The van der Waals surface area contributed by atoms with Gasteiger partial charge in [-0.1, -0.05) is 49.9 Å². The lowest BCUT2D eigenvalue weighted by atomic mass is 9.92. The predicted molar refractivity (Wildman–Crippen MR) is 138 cm³/mol. The van der Waals surface area contributed by atoms with Gasteiger partial charge in [0.25, 0.3) is 0 Å². The van der Waals surface area contributed by atoms with Crippen LogP contribution < -0.4 is 5.32 Å². The Kier molecular flexibility index (Phi) is 8.60. The van der Waals surface area contributed by atoms with Crippen LogP contribution in [0.25, 0.3) is 0 Å². The van der Waals surface area contributed by atoms with E-state index in [1.54, 1.807) is 0 Å². The molecule has 0 aromatic heterocycles. The Hall–Kier alpha value is -2.58. The van der Waals surface area contributed by atoms with E-state index in [4.69, 9.17) is 9.73 Å². The lowest BCUT2D eigenvalue weighted by molar-refractivity contribution is -0.143. The Bertz CT molecular complexity index is 1010. The minimum Gasteiger partial charge on any atom is -0.459 e. The van der Waals surface area contributed by atoms with Gasteiger partial charge in [-0.05, 0) is 57.3 Å². The van der Waals surface area contributed by atoms with Crippen molar-refractivity contribution >= 4 is 28.8 Å². The number of carbonyl (C=O) groups excluding carboxylic acids is 2. The smallest absolute Gasteiger partial charge is 0.338 e. The van der Waals surface area contributed by atoms with Gasteiger partial charge in [0.2, 0.25) is 5.91 Å². The van der Waals surface area contributed by atoms with Crippen LogP contribution >= 0.6 is 11.8 Å². The highest BCUT2D eigenvalue weighted by molar-refractivity contribution is 8.16. The molecular weight excluding hydrogens is 448 g/mol. The maximum Gasteiger partial charge on any atom is 0.338 e. The number of fused-ring (bicyclic) bond motifs is 1. The Morgan fingerprint density at radius 2 is 1.85 bits per heavy atom. The molecule has 2 aliphatic rings. The van der Waals surface area contributed by atoms with Gasteiger partial charge in [0.15, 0.2) is 5.17 Å². The first kappa shape index (κ1) is 26.0. The number of carbonyl (C=O) groups is 2. The summed E-state index contributed by atoms with van der Waals surface area (Å²) in [7, 11) is 3.95. The Labute approximate surface area is 207 Å². The van der Waals surface area contributed by atoms with Crippen molar-refractivity contribution in [3.05, 3.63) is 57.8 Å². The number of nitrogens with one attached hydrogen (secondary N) is 1. The SMILES string of the molecule is CC1=C(C(=O)OC(C)C)C(c2ccc(C(C)C)cc2)N2C(CC(=O)NCCN(C)C)=CSC2=N1. The molecule has 7 nitrogen and oxygen atoms in total. The molecule has 1 atom stereocenters. The van der Waals surface area contributed by atoms with Gasteiger partial charge in [0, 0.05) is 18.8 Å². The summed E-state index contributed by atoms with van der Waals surface area (Å²) in [5.74, 6) is -0.0230. The summed E-state index contributed by atoms with van der Waals surface area (Å²) in [5, 5.41) is 5.71. The van der Waals surface area contributed by atoms with Crippen molar-refractivity contribution in [1.82, 2.24) is 15.1 Å². The Balaban J connectivity index is 1.95. The van der Waals surface area contributed by atoms with Gasteiger partial charge in [-0.25, -0.2) is 9.79 Å². The van der Waals surface area contributed by atoms with Crippen LogP contribution in [0.1, 0.15) is 64.1 Å². The van der Waals surface area contributed by atoms with E-state index in [2.05, 4.69) is 43.4 Å². The molecule has 184 valence electrons. The summed E-state index contributed by atoms with van der Waals surface area (Å²) in [6, 6.07) is 7.93. The number of rotatable bonds is 9. The zero-order chi connectivity index (χ0) is 25.0. The van der Waals surface area contributed by atoms with E-state index in [-0.39, 0.29) is 24.4 Å². The normalized spacial score (nSPS) is 17.8. The molecule has 1 N–H and O–H groups in total. The van der Waals surface area contributed by atoms with E-state index in [0.717, 1.165) is 23.0 Å².